The molecular formula is C22H28N4O3. The average Bonchev–Trinajstić information content (AvgIpc) is 2.67. The Balaban J connectivity index is 1.88. The van der Waals surface area contributed by atoms with E-state index in [4.69, 9.17) is 0 Å². The number of amides is 3. The van der Waals surface area contributed by atoms with Gasteiger partial charge >= 0.3 is 0 Å². The summed E-state index contributed by atoms with van der Waals surface area (Å²) in [4.78, 5) is 38.0. The molecule has 2 aromatic rings. The van der Waals surface area contributed by atoms with Crippen molar-refractivity contribution in [2.45, 2.75) is 20.8 Å². The van der Waals surface area contributed by atoms with Crippen LogP contribution in [0.15, 0.2) is 36.4 Å². The first kappa shape index (κ1) is 21.9. The van der Waals surface area contributed by atoms with Crippen LogP contribution in [0.25, 0.3) is 0 Å². The number of hydrogen-bond acceptors (Lipinski definition) is 4. The van der Waals surface area contributed by atoms with Gasteiger partial charge in [-0.25, -0.2) is 0 Å². The Hall–Kier alpha value is -3.35. The fourth-order valence-corrected chi connectivity index (χ4v) is 3.04. The fourth-order valence-electron chi connectivity index (χ4n) is 3.04. The van der Waals surface area contributed by atoms with E-state index in [1.807, 2.05) is 32.9 Å². The van der Waals surface area contributed by atoms with Gasteiger partial charge in [-0.3, -0.25) is 14.4 Å². The van der Waals surface area contributed by atoms with Gasteiger partial charge in [0, 0.05) is 25.5 Å². The first-order valence-electron chi connectivity index (χ1n) is 9.38. The molecule has 2 aromatic carbocycles. The van der Waals surface area contributed by atoms with Crippen LogP contribution in [0.4, 0.5) is 11.4 Å². The Morgan fingerprint density at radius 1 is 0.897 bits per heavy atom. The summed E-state index contributed by atoms with van der Waals surface area (Å²) in [5, 5.41) is 8.39. The highest BCUT2D eigenvalue weighted by molar-refractivity contribution is 6.00. The molecule has 0 aromatic heterocycles. The van der Waals surface area contributed by atoms with Crippen LogP contribution >= 0.6 is 0 Å². The van der Waals surface area contributed by atoms with Crippen LogP contribution in [0.1, 0.15) is 27.0 Å². The van der Waals surface area contributed by atoms with E-state index in [0.29, 0.717) is 11.3 Å². The minimum absolute atomic E-state index is 0.0480. The molecule has 0 atom stereocenters. The number of para-hydroxylation sites is 1. The van der Waals surface area contributed by atoms with E-state index in [0.717, 1.165) is 22.4 Å². The predicted molar refractivity (Wildman–Crippen MR) is 115 cm³/mol. The molecule has 3 N–H and O–H groups in total. The molecule has 0 spiro atoms. The van der Waals surface area contributed by atoms with Crippen LogP contribution in [-0.2, 0) is 9.59 Å². The Kier molecular flexibility index (Phi) is 7.36. The van der Waals surface area contributed by atoms with Crippen molar-refractivity contribution in [3.8, 4) is 0 Å². The van der Waals surface area contributed by atoms with Gasteiger partial charge in [-0.1, -0.05) is 29.8 Å². The molecular weight excluding hydrogens is 368 g/mol. The number of nitrogens with one attached hydrogen (secondary N) is 3. The molecule has 0 heterocycles. The maximum absolute atomic E-state index is 12.2. The number of hydrogen-bond donors (Lipinski definition) is 3. The SMILES string of the molecule is Cc1cc(C)c(NC(=O)CNC(=O)CNc2ccccc2C(=O)N(C)C)c(C)c1. The minimum Gasteiger partial charge on any atom is -0.376 e. The summed E-state index contributed by atoms with van der Waals surface area (Å²) in [5.74, 6) is -0.794. The van der Waals surface area contributed by atoms with Crippen LogP contribution in [-0.4, -0.2) is 49.8 Å². The lowest BCUT2D eigenvalue weighted by Gasteiger charge is -2.15. The lowest BCUT2D eigenvalue weighted by atomic mass is 10.1. The standard InChI is InChI=1S/C22H28N4O3/c1-14-10-15(2)21(16(3)11-14)25-20(28)13-24-19(27)12-23-18-9-7-6-8-17(18)22(29)26(4)5/h6-11,23H,12-13H2,1-5H3,(H,24,27)(H,25,28). The molecule has 0 saturated carbocycles. The molecule has 0 fully saturated rings. The third-order valence-electron chi connectivity index (χ3n) is 4.39. The zero-order chi connectivity index (χ0) is 21.6. The summed E-state index contributed by atoms with van der Waals surface area (Å²) in [6, 6.07) is 11.0. The zero-order valence-corrected chi connectivity index (χ0v) is 17.6. The van der Waals surface area contributed by atoms with Gasteiger partial charge in [-0.15, -0.1) is 0 Å². The van der Waals surface area contributed by atoms with E-state index >= 15 is 0 Å². The Labute approximate surface area is 171 Å². The highest BCUT2D eigenvalue weighted by Gasteiger charge is 2.14. The average molecular weight is 396 g/mol. The second kappa shape index (κ2) is 9.73. The third-order valence-corrected chi connectivity index (χ3v) is 4.39. The second-order valence-corrected chi connectivity index (χ2v) is 7.20. The van der Waals surface area contributed by atoms with Crippen molar-refractivity contribution in [2.75, 3.05) is 37.8 Å². The highest BCUT2D eigenvalue weighted by Crippen LogP contribution is 2.21. The molecule has 0 radical (unpaired) electrons. The first-order valence-corrected chi connectivity index (χ1v) is 9.38. The lowest BCUT2D eigenvalue weighted by Crippen LogP contribution is -2.36. The first-order chi connectivity index (χ1) is 13.7. The summed E-state index contributed by atoms with van der Waals surface area (Å²) < 4.78 is 0. The third kappa shape index (κ3) is 6.07. The van der Waals surface area contributed by atoms with Gasteiger partial charge in [0.15, 0.2) is 0 Å². The summed E-state index contributed by atoms with van der Waals surface area (Å²) in [6.45, 7) is 5.69. The van der Waals surface area contributed by atoms with Gasteiger partial charge in [0.25, 0.3) is 5.91 Å². The second-order valence-electron chi connectivity index (χ2n) is 7.20. The van der Waals surface area contributed by atoms with E-state index in [2.05, 4.69) is 16.0 Å². The van der Waals surface area contributed by atoms with E-state index < -0.39 is 0 Å². The fraction of sp³-hybridized carbons (Fsp3) is 0.318. The Morgan fingerprint density at radius 2 is 1.52 bits per heavy atom. The largest absolute Gasteiger partial charge is 0.376 e. The molecule has 7 heteroatoms. The van der Waals surface area contributed by atoms with Gasteiger partial charge in [-0.2, -0.15) is 0 Å². The van der Waals surface area contributed by atoms with Crippen molar-refractivity contribution < 1.29 is 14.4 Å². The molecule has 0 aliphatic rings. The maximum atomic E-state index is 12.2. The van der Waals surface area contributed by atoms with Crippen LogP contribution in [0.3, 0.4) is 0 Å². The van der Waals surface area contributed by atoms with Crippen molar-refractivity contribution in [1.29, 1.82) is 0 Å². The number of rotatable bonds is 7. The van der Waals surface area contributed by atoms with Crippen molar-refractivity contribution in [2.24, 2.45) is 0 Å². The topological polar surface area (TPSA) is 90.5 Å². The highest BCUT2D eigenvalue weighted by atomic mass is 16.2. The quantitative estimate of drug-likeness (QED) is 0.671. The van der Waals surface area contributed by atoms with Crippen molar-refractivity contribution in [3.63, 3.8) is 0 Å². The van der Waals surface area contributed by atoms with Crippen molar-refractivity contribution in [3.05, 3.63) is 58.7 Å². The summed E-state index contributed by atoms with van der Waals surface area (Å²) in [5.41, 5.74) is 4.90. The van der Waals surface area contributed by atoms with Crippen LogP contribution < -0.4 is 16.0 Å². The number of carbonyl (C=O) groups is 3. The van der Waals surface area contributed by atoms with E-state index in [1.54, 1.807) is 38.4 Å². The Bertz CT molecular complexity index is 899. The molecule has 0 unspecified atom stereocenters. The van der Waals surface area contributed by atoms with Gasteiger partial charge in [0.1, 0.15) is 0 Å². The molecule has 0 aliphatic carbocycles. The molecule has 0 aliphatic heterocycles. The van der Waals surface area contributed by atoms with Crippen molar-refractivity contribution >= 4 is 29.1 Å². The van der Waals surface area contributed by atoms with Gasteiger partial charge < -0.3 is 20.9 Å². The van der Waals surface area contributed by atoms with E-state index in [1.165, 1.54) is 4.90 Å². The zero-order valence-electron chi connectivity index (χ0n) is 17.6. The number of benzene rings is 2. The Morgan fingerprint density at radius 3 is 2.14 bits per heavy atom. The van der Waals surface area contributed by atoms with Crippen LogP contribution in [0, 0.1) is 20.8 Å². The van der Waals surface area contributed by atoms with Crippen molar-refractivity contribution in [1.82, 2.24) is 10.2 Å². The summed E-state index contributed by atoms with van der Waals surface area (Å²) in [6.07, 6.45) is 0. The number of nitrogens with zero attached hydrogens (tertiary/aromatic N) is 1. The number of anilines is 2. The summed E-state index contributed by atoms with van der Waals surface area (Å²) >= 11 is 0. The smallest absolute Gasteiger partial charge is 0.255 e. The molecule has 2 rings (SSSR count). The molecule has 0 saturated heterocycles. The number of carbonyl (C=O) groups excluding carboxylic acids is 3. The normalized spacial score (nSPS) is 10.2. The molecule has 3 amide bonds. The molecule has 7 nitrogen and oxygen atoms in total. The lowest BCUT2D eigenvalue weighted by molar-refractivity contribution is -0.122. The minimum atomic E-state index is -0.343. The van der Waals surface area contributed by atoms with E-state index in [9.17, 15) is 14.4 Å². The molecule has 29 heavy (non-hydrogen) atoms. The van der Waals surface area contributed by atoms with Gasteiger partial charge in [0.05, 0.1) is 18.7 Å². The van der Waals surface area contributed by atoms with Crippen LogP contribution in [0.2, 0.25) is 0 Å². The summed E-state index contributed by atoms with van der Waals surface area (Å²) in [7, 11) is 3.34. The van der Waals surface area contributed by atoms with Gasteiger partial charge in [-0.05, 0) is 44.0 Å². The maximum Gasteiger partial charge on any atom is 0.255 e. The molecule has 154 valence electrons. The van der Waals surface area contributed by atoms with Crippen LogP contribution in [0.5, 0.6) is 0 Å². The molecule has 0 bridgehead atoms. The predicted octanol–water partition coefficient (Wildman–Crippen LogP) is 2.48. The monoisotopic (exact) mass is 396 g/mol. The van der Waals surface area contributed by atoms with Gasteiger partial charge in [0.2, 0.25) is 11.8 Å². The number of aryl methyl sites for hydroxylation is 3. The van der Waals surface area contributed by atoms with E-state index in [-0.39, 0.29) is 30.8 Å².